The molecule has 1 heterocycles. The van der Waals surface area contributed by atoms with E-state index >= 15 is 0 Å². The van der Waals surface area contributed by atoms with Gasteiger partial charge in [-0.05, 0) is 19.9 Å². The maximum atomic E-state index is 11.3. The second-order valence-corrected chi connectivity index (χ2v) is 4.41. The van der Waals surface area contributed by atoms with E-state index < -0.39 is 18.0 Å². The Bertz CT molecular complexity index is 279. The average molecular weight is 258 g/mol. The minimum Gasteiger partial charge on any atom is -0.480 e. The summed E-state index contributed by atoms with van der Waals surface area (Å²) in [6.45, 7) is 7.07. The number of piperazine rings is 1. The Balaban J connectivity index is 2.03. The van der Waals surface area contributed by atoms with E-state index in [0.717, 1.165) is 39.1 Å². The van der Waals surface area contributed by atoms with Crippen LogP contribution in [0.15, 0.2) is 0 Å². The summed E-state index contributed by atoms with van der Waals surface area (Å²) in [5, 5.41) is 16.9. The van der Waals surface area contributed by atoms with Crippen LogP contribution in [0.2, 0.25) is 0 Å². The minimum absolute atomic E-state index is 0.426. The number of nitrogens with zero attached hydrogens (tertiary/aromatic N) is 1. The van der Waals surface area contributed by atoms with E-state index in [4.69, 9.17) is 5.11 Å². The van der Waals surface area contributed by atoms with Crippen molar-refractivity contribution in [2.45, 2.75) is 19.4 Å². The predicted molar refractivity (Wildman–Crippen MR) is 67.6 cm³/mol. The van der Waals surface area contributed by atoms with E-state index in [9.17, 15) is 9.59 Å². The highest BCUT2D eigenvalue weighted by Crippen LogP contribution is 1.93. The molecule has 0 aromatic carbocycles. The lowest BCUT2D eigenvalue weighted by Gasteiger charge is -2.27. The van der Waals surface area contributed by atoms with Crippen LogP contribution in [-0.4, -0.2) is 67.3 Å². The van der Waals surface area contributed by atoms with E-state index in [1.54, 1.807) is 0 Å². The summed E-state index contributed by atoms with van der Waals surface area (Å²) in [7, 11) is 0. The molecule has 0 unspecified atom stereocenters. The van der Waals surface area contributed by atoms with E-state index in [1.165, 1.54) is 6.92 Å². The monoisotopic (exact) mass is 258 g/mol. The van der Waals surface area contributed by atoms with Gasteiger partial charge in [-0.2, -0.15) is 0 Å². The van der Waals surface area contributed by atoms with Crippen LogP contribution in [0.1, 0.15) is 13.3 Å². The third-order valence-corrected chi connectivity index (χ3v) is 2.86. The molecule has 2 amide bonds. The highest BCUT2D eigenvalue weighted by atomic mass is 16.4. The van der Waals surface area contributed by atoms with E-state index in [2.05, 4.69) is 20.9 Å². The van der Waals surface area contributed by atoms with Gasteiger partial charge in [-0.1, -0.05) is 0 Å². The summed E-state index contributed by atoms with van der Waals surface area (Å²) in [6, 6.07) is -1.29. The summed E-state index contributed by atoms with van der Waals surface area (Å²) in [6.07, 6.45) is 0.870. The van der Waals surface area contributed by atoms with Gasteiger partial charge >= 0.3 is 12.0 Å². The topological polar surface area (TPSA) is 93.7 Å². The van der Waals surface area contributed by atoms with Gasteiger partial charge in [-0.15, -0.1) is 0 Å². The van der Waals surface area contributed by atoms with Crippen LogP contribution in [0, 0.1) is 0 Å². The molecular weight excluding hydrogens is 236 g/mol. The molecule has 0 aliphatic carbocycles. The molecule has 0 spiro atoms. The van der Waals surface area contributed by atoms with Crippen molar-refractivity contribution in [2.24, 2.45) is 0 Å². The lowest BCUT2D eigenvalue weighted by Crippen LogP contribution is -2.46. The van der Waals surface area contributed by atoms with Crippen molar-refractivity contribution >= 4 is 12.0 Å². The minimum atomic E-state index is -1.04. The molecule has 18 heavy (non-hydrogen) atoms. The van der Waals surface area contributed by atoms with Crippen molar-refractivity contribution in [1.29, 1.82) is 0 Å². The van der Waals surface area contributed by atoms with Crippen LogP contribution >= 0.6 is 0 Å². The van der Waals surface area contributed by atoms with Crippen molar-refractivity contribution in [3.05, 3.63) is 0 Å². The van der Waals surface area contributed by atoms with E-state index in [1.807, 2.05) is 0 Å². The largest absolute Gasteiger partial charge is 0.480 e. The first-order chi connectivity index (χ1) is 8.59. The first-order valence-electron chi connectivity index (χ1n) is 6.30. The predicted octanol–water partition coefficient (Wildman–Crippen LogP) is -0.946. The highest BCUT2D eigenvalue weighted by molar-refractivity contribution is 5.82. The fourth-order valence-electron chi connectivity index (χ4n) is 1.75. The number of amides is 2. The van der Waals surface area contributed by atoms with Gasteiger partial charge < -0.3 is 26.0 Å². The molecule has 0 radical (unpaired) electrons. The van der Waals surface area contributed by atoms with Crippen LogP contribution in [0.3, 0.4) is 0 Å². The molecule has 7 nitrogen and oxygen atoms in total. The van der Waals surface area contributed by atoms with Crippen LogP contribution in [-0.2, 0) is 4.79 Å². The molecule has 0 aromatic heterocycles. The van der Waals surface area contributed by atoms with Crippen LogP contribution in [0.25, 0.3) is 0 Å². The normalized spacial score (nSPS) is 18.1. The van der Waals surface area contributed by atoms with Gasteiger partial charge in [-0.3, -0.25) is 4.79 Å². The fourth-order valence-corrected chi connectivity index (χ4v) is 1.75. The maximum Gasteiger partial charge on any atom is 0.325 e. The number of hydrogen-bond donors (Lipinski definition) is 4. The zero-order chi connectivity index (χ0) is 13.4. The van der Waals surface area contributed by atoms with E-state index in [-0.39, 0.29) is 0 Å². The molecule has 1 saturated heterocycles. The van der Waals surface area contributed by atoms with Crippen LogP contribution in [0.5, 0.6) is 0 Å². The third kappa shape index (κ3) is 5.83. The molecule has 1 fully saturated rings. The molecule has 0 aromatic rings. The lowest BCUT2D eigenvalue weighted by molar-refractivity contribution is -0.138. The third-order valence-electron chi connectivity index (χ3n) is 2.86. The molecule has 4 N–H and O–H groups in total. The molecule has 104 valence electrons. The number of carboxylic acids is 1. The van der Waals surface area contributed by atoms with Crippen molar-refractivity contribution in [2.75, 3.05) is 39.3 Å². The smallest absolute Gasteiger partial charge is 0.325 e. The number of hydrogen-bond acceptors (Lipinski definition) is 4. The Morgan fingerprint density at radius 2 is 2.06 bits per heavy atom. The van der Waals surface area contributed by atoms with Crippen LogP contribution < -0.4 is 16.0 Å². The van der Waals surface area contributed by atoms with Crippen molar-refractivity contribution in [1.82, 2.24) is 20.9 Å². The lowest BCUT2D eigenvalue weighted by atomic mass is 10.3. The highest BCUT2D eigenvalue weighted by Gasteiger charge is 2.13. The van der Waals surface area contributed by atoms with Crippen LogP contribution in [0.4, 0.5) is 4.79 Å². The summed E-state index contributed by atoms with van der Waals surface area (Å²) in [4.78, 5) is 24.2. The van der Waals surface area contributed by atoms with Gasteiger partial charge in [0, 0.05) is 32.7 Å². The number of carbonyl (C=O) groups excluding carboxylic acids is 1. The Morgan fingerprint density at radius 1 is 1.39 bits per heavy atom. The molecule has 1 aliphatic heterocycles. The number of carboxylic acid groups (broad SMARTS) is 1. The number of carbonyl (C=O) groups is 2. The molecular formula is C11H22N4O3. The van der Waals surface area contributed by atoms with Crippen molar-refractivity contribution in [3.63, 3.8) is 0 Å². The van der Waals surface area contributed by atoms with Gasteiger partial charge in [0.15, 0.2) is 0 Å². The molecule has 0 bridgehead atoms. The summed E-state index contributed by atoms with van der Waals surface area (Å²) in [5.41, 5.74) is 0. The van der Waals surface area contributed by atoms with E-state index in [0.29, 0.717) is 6.54 Å². The summed E-state index contributed by atoms with van der Waals surface area (Å²) < 4.78 is 0. The number of rotatable bonds is 6. The molecule has 7 heteroatoms. The second-order valence-electron chi connectivity index (χ2n) is 4.41. The number of nitrogens with one attached hydrogen (secondary N) is 3. The summed E-state index contributed by atoms with van der Waals surface area (Å²) >= 11 is 0. The molecule has 1 aliphatic rings. The Morgan fingerprint density at radius 3 is 2.67 bits per heavy atom. The van der Waals surface area contributed by atoms with Gasteiger partial charge in [0.25, 0.3) is 0 Å². The zero-order valence-electron chi connectivity index (χ0n) is 10.7. The first-order valence-corrected chi connectivity index (χ1v) is 6.30. The second kappa shape index (κ2) is 7.88. The Kier molecular flexibility index (Phi) is 6.45. The SMILES string of the molecule is C[C@@H](NC(=O)NCCCN1CCNCC1)C(=O)O. The van der Waals surface area contributed by atoms with Crippen molar-refractivity contribution < 1.29 is 14.7 Å². The average Bonchev–Trinajstić information content (AvgIpc) is 2.35. The van der Waals surface area contributed by atoms with Gasteiger partial charge in [0.1, 0.15) is 6.04 Å². The van der Waals surface area contributed by atoms with Crippen molar-refractivity contribution in [3.8, 4) is 0 Å². The molecule has 1 atom stereocenters. The standard InChI is InChI=1S/C11H22N4O3/c1-9(10(16)17)14-11(18)13-3-2-6-15-7-4-12-5-8-15/h9,12H,2-8H2,1H3,(H,16,17)(H2,13,14,18)/t9-/m1/s1. The first kappa shape index (κ1) is 14.7. The number of urea groups is 1. The summed E-state index contributed by atoms with van der Waals surface area (Å²) in [5.74, 6) is -1.04. The van der Waals surface area contributed by atoms with Gasteiger partial charge in [0.2, 0.25) is 0 Å². The van der Waals surface area contributed by atoms with Gasteiger partial charge in [0.05, 0.1) is 0 Å². The maximum absolute atomic E-state index is 11.3. The Hall–Kier alpha value is -1.34. The zero-order valence-corrected chi connectivity index (χ0v) is 10.7. The Labute approximate surface area is 107 Å². The fraction of sp³-hybridized carbons (Fsp3) is 0.818. The molecule has 0 saturated carbocycles. The number of aliphatic carboxylic acids is 1. The van der Waals surface area contributed by atoms with Gasteiger partial charge in [-0.25, -0.2) is 4.79 Å². The quantitative estimate of drug-likeness (QED) is 0.461. The molecule has 1 rings (SSSR count).